The third-order valence-corrected chi connectivity index (χ3v) is 4.73. The molecule has 26 heavy (non-hydrogen) atoms. The number of hydrogen-bond donors (Lipinski definition) is 2. The highest BCUT2D eigenvalue weighted by Gasteiger charge is 2.08. The van der Waals surface area contributed by atoms with Gasteiger partial charge in [-0.3, -0.25) is 9.59 Å². The number of rotatable bonds is 6. The third kappa shape index (κ3) is 4.64. The van der Waals surface area contributed by atoms with Gasteiger partial charge in [0, 0.05) is 29.1 Å². The van der Waals surface area contributed by atoms with Crippen LogP contribution in [0, 0.1) is 0 Å². The van der Waals surface area contributed by atoms with Crippen LogP contribution in [-0.4, -0.2) is 24.6 Å². The largest absolute Gasteiger partial charge is 0.352 e. The van der Waals surface area contributed by atoms with E-state index in [2.05, 4.69) is 10.6 Å². The van der Waals surface area contributed by atoms with E-state index < -0.39 is 0 Å². The minimum Gasteiger partial charge on any atom is -0.352 e. The molecule has 0 aromatic heterocycles. The molecule has 2 amide bonds. The number of carbonyl (C=O) groups excluding carboxylic acids is 2. The maximum atomic E-state index is 12.3. The van der Waals surface area contributed by atoms with E-state index in [0.29, 0.717) is 12.1 Å². The Bertz CT molecular complexity index is 940. The normalized spacial score (nSPS) is 10.5. The second-order valence-corrected chi connectivity index (χ2v) is 6.73. The molecule has 3 aromatic carbocycles. The molecule has 3 aromatic rings. The van der Waals surface area contributed by atoms with Crippen molar-refractivity contribution in [1.82, 2.24) is 5.32 Å². The summed E-state index contributed by atoms with van der Waals surface area (Å²) in [5.74, 6) is -0.296. The summed E-state index contributed by atoms with van der Waals surface area (Å²) in [7, 11) is 0. The van der Waals surface area contributed by atoms with Gasteiger partial charge in [0.25, 0.3) is 5.91 Å². The molecule has 0 radical (unpaired) electrons. The number of thioether (sulfide) groups is 1. The van der Waals surface area contributed by atoms with E-state index in [1.54, 1.807) is 17.8 Å². The second kappa shape index (κ2) is 8.54. The monoisotopic (exact) mass is 364 g/mol. The van der Waals surface area contributed by atoms with Crippen LogP contribution >= 0.6 is 11.8 Å². The van der Waals surface area contributed by atoms with E-state index in [1.165, 1.54) is 0 Å². The van der Waals surface area contributed by atoms with Crippen molar-refractivity contribution in [3.8, 4) is 0 Å². The molecule has 0 aliphatic rings. The highest BCUT2D eigenvalue weighted by Crippen LogP contribution is 2.19. The van der Waals surface area contributed by atoms with E-state index in [0.717, 1.165) is 21.4 Å². The molecule has 0 fully saturated rings. The summed E-state index contributed by atoms with van der Waals surface area (Å²) in [6, 6.07) is 21.2. The van der Waals surface area contributed by atoms with Crippen molar-refractivity contribution >= 4 is 40.0 Å². The molecule has 0 saturated carbocycles. The maximum absolute atomic E-state index is 12.3. The number of anilines is 1. The molecule has 3 rings (SSSR count). The first kappa shape index (κ1) is 18.0. The summed E-state index contributed by atoms with van der Waals surface area (Å²) in [6.45, 7) is 0.291. The van der Waals surface area contributed by atoms with Crippen LogP contribution in [0.4, 0.5) is 5.69 Å². The lowest BCUT2D eigenvalue weighted by Crippen LogP contribution is -2.27. The van der Waals surface area contributed by atoms with Crippen LogP contribution in [0.2, 0.25) is 0 Å². The fraction of sp³-hybridized carbons (Fsp3) is 0.143. The first-order chi connectivity index (χ1) is 12.7. The molecule has 0 unspecified atom stereocenters. The fourth-order valence-electron chi connectivity index (χ4n) is 2.65. The highest BCUT2D eigenvalue weighted by atomic mass is 32.2. The van der Waals surface area contributed by atoms with Gasteiger partial charge in [-0.25, -0.2) is 0 Å². The van der Waals surface area contributed by atoms with Crippen molar-refractivity contribution in [2.24, 2.45) is 0 Å². The van der Waals surface area contributed by atoms with Gasteiger partial charge >= 0.3 is 0 Å². The minimum atomic E-state index is -0.173. The Morgan fingerprint density at radius 3 is 2.54 bits per heavy atom. The molecule has 0 heterocycles. The lowest BCUT2D eigenvalue weighted by molar-refractivity contribution is -0.116. The van der Waals surface area contributed by atoms with E-state index >= 15 is 0 Å². The molecular weight excluding hydrogens is 344 g/mol. The summed E-state index contributed by atoms with van der Waals surface area (Å²) < 4.78 is 0. The highest BCUT2D eigenvalue weighted by molar-refractivity contribution is 7.98. The lowest BCUT2D eigenvalue weighted by atomic mass is 10.1. The zero-order valence-electron chi connectivity index (χ0n) is 14.5. The van der Waals surface area contributed by atoms with Gasteiger partial charge in [0.05, 0.1) is 0 Å². The Kier molecular flexibility index (Phi) is 5.92. The van der Waals surface area contributed by atoms with Gasteiger partial charge in [0.2, 0.25) is 5.91 Å². The van der Waals surface area contributed by atoms with Crippen molar-refractivity contribution in [3.63, 3.8) is 0 Å². The van der Waals surface area contributed by atoms with E-state index in [9.17, 15) is 9.59 Å². The average molecular weight is 364 g/mol. The number of amides is 2. The molecule has 4 nitrogen and oxygen atoms in total. The van der Waals surface area contributed by atoms with Crippen LogP contribution in [0.15, 0.2) is 71.6 Å². The second-order valence-electron chi connectivity index (χ2n) is 5.85. The Labute approximate surface area is 157 Å². The summed E-state index contributed by atoms with van der Waals surface area (Å²) in [5.41, 5.74) is 1.36. The van der Waals surface area contributed by atoms with Crippen molar-refractivity contribution < 1.29 is 9.59 Å². The maximum Gasteiger partial charge on any atom is 0.251 e. The molecule has 0 bridgehead atoms. The minimum absolute atomic E-state index is 0.123. The first-order valence-electron chi connectivity index (χ1n) is 8.36. The van der Waals surface area contributed by atoms with Crippen molar-refractivity contribution in [2.75, 3.05) is 18.1 Å². The summed E-state index contributed by atoms with van der Waals surface area (Å²) in [4.78, 5) is 25.4. The Morgan fingerprint density at radius 2 is 1.73 bits per heavy atom. The number of benzene rings is 3. The Balaban J connectivity index is 1.51. The van der Waals surface area contributed by atoms with Crippen LogP contribution in [0.25, 0.3) is 10.8 Å². The molecular formula is C21H20N2O2S. The predicted molar refractivity (Wildman–Crippen MR) is 108 cm³/mol. The summed E-state index contributed by atoms with van der Waals surface area (Å²) >= 11 is 1.62. The van der Waals surface area contributed by atoms with Crippen LogP contribution < -0.4 is 10.6 Å². The zero-order chi connectivity index (χ0) is 18.4. The smallest absolute Gasteiger partial charge is 0.251 e. The molecule has 0 saturated heterocycles. The summed E-state index contributed by atoms with van der Waals surface area (Å²) in [5, 5.41) is 7.76. The van der Waals surface area contributed by atoms with Crippen LogP contribution in [0.3, 0.4) is 0 Å². The van der Waals surface area contributed by atoms with E-state index in [-0.39, 0.29) is 18.2 Å². The van der Waals surface area contributed by atoms with Gasteiger partial charge in [-0.2, -0.15) is 0 Å². The van der Waals surface area contributed by atoms with Gasteiger partial charge < -0.3 is 10.6 Å². The average Bonchev–Trinajstić information content (AvgIpc) is 2.67. The number of nitrogens with one attached hydrogen (secondary N) is 2. The molecule has 0 atom stereocenters. The van der Waals surface area contributed by atoms with Gasteiger partial charge in [-0.05, 0) is 47.4 Å². The zero-order valence-corrected chi connectivity index (χ0v) is 15.3. The standard InChI is InChI=1S/C21H20N2O2S/c1-26-19-8-4-7-18(14-19)23-20(24)11-12-22-21(25)17-10-9-15-5-2-3-6-16(15)13-17/h2-10,13-14H,11-12H2,1H3,(H,22,25)(H,23,24). The topological polar surface area (TPSA) is 58.2 Å². The Hall–Kier alpha value is -2.79. The molecule has 0 aliphatic heterocycles. The van der Waals surface area contributed by atoms with Crippen LogP contribution in [-0.2, 0) is 4.79 Å². The molecule has 2 N–H and O–H groups in total. The molecule has 132 valence electrons. The molecule has 0 aliphatic carbocycles. The van der Waals surface area contributed by atoms with Crippen molar-refractivity contribution in [2.45, 2.75) is 11.3 Å². The van der Waals surface area contributed by atoms with E-state index in [1.807, 2.05) is 66.9 Å². The van der Waals surface area contributed by atoms with Gasteiger partial charge in [0.1, 0.15) is 0 Å². The SMILES string of the molecule is CSc1cccc(NC(=O)CCNC(=O)c2ccc3ccccc3c2)c1. The Morgan fingerprint density at radius 1 is 0.923 bits per heavy atom. The van der Waals surface area contributed by atoms with Crippen molar-refractivity contribution in [1.29, 1.82) is 0 Å². The first-order valence-corrected chi connectivity index (χ1v) is 9.59. The quantitative estimate of drug-likeness (QED) is 0.641. The van der Waals surface area contributed by atoms with Crippen molar-refractivity contribution in [3.05, 3.63) is 72.3 Å². The fourth-order valence-corrected chi connectivity index (χ4v) is 3.11. The lowest BCUT2D eigenvalue weighted by Gasteiger charge is -2.08. The number of carbonyl (C=O) groups is 2. The third-order valence-electron chi connectivity index (χ3n) is 4.00. The molecule has 0 spiro atoms. The van der Waals surface area contributed by atoms with E-state index in [4.69, 9.17) is 0 Å². The van der Waals surface area contributed by atoms with Crippen LogP contribution in [0.1, 0.15) is 16.8 Å². The van der Waals surface area contributed by atoms with Gasteiger partial charge in [0.15, 0.2) is 0 Å². The molecule has 5 heteroatoms. The van der Waals surface area contributed by atoms with Gasteiger partial charge in [-0.1, -0.05) is 36.4 Å². The van der Waals surface area contributed by atoms with Crippen LogP contribution in [0.5, 0.6) is 0 Å². The number of hydrogen-bond acceptors (Lipinski definition) is 3. The van der Waals surface area contributed by atoms with Gasteiger partial charge in [-0.15, -0.1) is 11.8 Å². The number of fused-ring (bicyclic) bond motifs is 1. The predicted octanol–water partition coefficient (Wildman–Crippen LogP) is 4.32. The summed E-state index contributed by atoms with van der Waals surface area (Å²) in [6.07, 6.45) is 2.21.